The topological polar surface area (TPSA) is 80.5 Å². The first kappa shape index (κ1) is 16.4. The molecule has 20 heavy (non-hydrogen) atoms. The maximum atomic E-state index is 12.4. The van der Waals surface area contributed by atoms with E-state index in [1.807, 2.05) is 0 Å². The zero-order chi connectivity index (χ0) is 15.3. The first-order valence-electron chi connectivity index (χ1n) is 5.50. The molecule has 0 radical (unpaired) electrons. The van der Waals surface area contributed by atoms with Crippen LogP contribution in [-0.4, -0.2) is 30.7 Å². The van der Waals surface area contributed by atoms with Gasteiger partial charge in [0.15, 0.2) is 0 Å². The smallest absolute Gasteiger partial charge is 0.258 e. The van der Waals surface area contributed by atoms with Gasteiger partial charge in [0.2, 0.25) is 10.0 Å². The van der Waals surface area contributed by atoms with Crippen molar-refractivity contribution in [3.05, 3.63) is 58.6 Å². The van der Waals surface area contributed by atoms with Crippen LogP contribution in [0.4, 0.5) is 5.69 Å². The van der Waals surface area contributed by atoms with E-state index in [-0.39, 0.29) is 28.7 Å². The lowest BCUT2D eigenvalue weighted by Gasteiger charge is -2.19. The van der Waals surface area contributed by atoms with Crippen LogP contribution in [0.1, 0.15) is 0 Å². The summed E-state index contributed by atoms with van der Waals surface area (Å²) in [6, 6.07) is 3.27. The maximum absolute atomic E-state index is 12.4. The Morgan fingerprint density at radius 3 is 2.30 bits per heavy atom. The highest BCUT2D eigenvalue weighted by Crippen LogP contribution is 2.28. The molecule has 0 atom stereocenters. The molecule has 1 aromatic carbocycles. The van der Waals surface area contributed by atoms with Crippen molar-refractivity contribution >= 4 is 27.3 Å². The minimum absolute atomic E-state index is 0.0490. The SMILES string of the molecule is C=CCN(CC=C)S(=O)(=O)c1cc([N+](=O)[O-])ccc1Cl. The molecule has 0 aromatic heterocycles. The lowest BCUT2D eigenvalue weighted by molar-refractivity contribution is -0.385. The van der Waals surface area contributed by atoms with Crippen LogP contribution in [0.5, 0.6) is 0 Å². The molecule has 0 heterocycles. The third-order valence-electron chi connectivity index (χ3n) is 2.41. The van der Waals surface area contributed by atoms with Gasteiger partial charge < -0.3 is 0 Å². The van der Waals surface area contributed by atoms with Gasteiger partial charge in [0.05, 0.1) is 9.95 Å². The molecule has 1 rings (SSSR count). The Morgan fingerprint density at radius 2 is 1.85 bits per heavy atom. The predicted octanol–water partition coefficient (Wildman–Crippen LogP) is 2.61. The van der Waals surface area contributed by atoms with Crippen molar-refractivity contribution in [3.8, 4) is 0 Å². The van der Waals surface area contributed by atoms with Gasteiger partial charge in [-0.1, -0.05) is 23.8 Å². The van der Waals surface area contributed by atoms with Crippen LogP contribution in [0.25, 0.3) is 0 Å². The van der Waals surface area contributed by atoms with Crippen LogP contribution in [0, 0.1) is 10.1 Å². The van der Waals surface area contributed by atoms with Gasteiger partial charge in [0, 0.05) is 25.2 Å². The molecule has 0 aliphatic rings. The van der Waals surface area contributed by atoms with Gasteiger partial charge in [-0.05, 0) is 6.07 Å². The zero-order valence-corrected chi connectivity index (χ0v) is 12.1. The van der Waals surface area contributed by atoms with Gasteiger partial charge in [-0.25, -0.2) is 8.42 Å². The summed E-state index contributed by atoms with van der Waals surface area (Å²) in [5.74, 6) is 0. The summed E-state index contributed by atoms with van der Waals surface area (Å²) in [6.07, 6.45) is 2.82. The molecule has 0 aliphatic carbocycles. The van der Waals surface area contributed by atoms with E-state index in [1.165, 1.54) is 18.2 Å². The fraction of sp³-hybridized carbons (Fsp3) is 0.167. The van der Waals surface area contributed by atoms with Gasteiger partial charge in [0.25, 0.3) is 5.69 Å². The Bertz CT molecular complexity index is 633. The molecule has 0 aliphatic heterocycles. The molecule has 8 heteroatoms. The van der Waals surface area contributed by atoms with E-state index < -0.39 is 14.9 Å². The summed E-state index contributed by atoms with van der Waals surface area (Å²) in [5, 5.41) is 10.7. The summed E-state index contributed by atoms with van der Waals surface area (Å²) in [6.45, 7) is 7.05. The Morgan fingerprint density at radius 1 is 1.30 bits per heavy atom. The summed E-state index contributed by atoms with van der Waals surface area (Å²) in [7, 11) is -3.96. The van der Waals surface area contributed by atoms with Crippen molar-refractivity contribution in [1.82, 2.24) is 4.31 Å². The van der Waals surface area contributed by atoms with Crippen LogP contribution in [-0.2, 0) is 10.0 Å². The Balaban J connectivity index is 3.39. The van der Waals surface area contributed by atoms with Crippen LogP contribution in [0.2, 0.25) is 5.02 Å². The highest BCUT2D eigenvalue weighted by molar-refractivity contribution is 7.89. The molecule has 0 fully saturated rings. The van der Waals surface area contributed by atoms with Crippen LogP contribution < -0.4 is 0 Å². The second-order valence-corrected chi connectivity index (χ2v) is 6.08. The number of rotatable bonds is 7. The summed E-state index contributed by atoms with van der Waals surface area (Å²) in [4.78, 5) is 9.75. The fourth-order valence-electron chi connectivity index (χ4n) is 1.50. The van der Waals surface area contributed by atoms with Crippen LogP contribution in [0.15, 0.2) is 48.4 Å². The zero-order valence-electron chi connectivity index (χ0n) is 10.5. The van der Waals surface area contributed by atoms with Gasteiger partial charge in [-0.2, -0.15) is 4.31 Å². The molecule has 0 saturated carbocycles. The molecule has 1 aromatic rings. The summed E-state index contributed by atoms with van der Waals surface area (Å²) < 4.78 is 25.9. The number of non-ortho nitro benzene ring substituents is 1. The Hall–Kier alpha value is -1.70. The highest BCUT2D eigenvalue weighted by Gasteiger charge is 2.27. The van der Waals surface area contributed by atoms with Gasteiger partial charge in [-0.15, -0.1) is 13.2 Å². The summed E-state index contributed by atoms with van der Waals surface area (Å²) in [5.41, 5.74) is -0.342. The first-order valence-corrected chi connectivity index (χ1v) is 7.32. The fourth-order valence-corrected chi connectivity index (χ4v) is 3.38. The molecule has 0 amide bonds. The van der Waals surface area contributed by atoms with Crippen LogP contribution in [0.3, 0.4) is 0 Å². The third-order valence-corrected chi connectivity index (χ3v) is 4.72. The second-order valence-electron chi connectivity index (χ2n) is 3.77. The second kappa shape index (κ2) is 6.65. The molecule has 0 spiro atoms. The standard InChI is InChI=1S/C12H13ClN2O4S/c1-3-7-14(8-4-2)20(18,19)12-9-10(15(16)17)5-6-11(12)13/h3-6,9H,1-2,7-8H2. The molecule has 6 nitrogen and oxygen atoms in total. The molecule has 0 unspecified atom stereocenters. The summed E-state index contributed by atoms with van der Waals surface area (Å²) >= 11 is 5.85. The number of hydrogen-bond donors (Lipinski definition) is 0. The minimum Gasteiger partial charge on any atom is -0.258 e. The van der Waals surface area contributed by atoms with E-state index in [1.54, 1.807) is 0 Å². The number of halogens is 1. The monoisotopic (exact) mass is 316 g/mol. The number of nitro benzene ring substituents is 1. The van der Waals surface area contributed by atoms with Crippen LogP contribution >= 0.6 is 11.6 Å². The average Bonchev–Trinajstić information content (AvgIpc) is 2.38. The number of sulfonamides is 1. The quantitative estimate of drug-likeness (QED) is 0.440. The molecule has 0 saturated heterocycles. The number of nitro groups is 1. The van der Waals surface area contributed by atoms with E-state index in [0.29, 0.717) is 0 Å². The van der Waals surface area contributed by atoms with Gasteiger partial charge >= 0.3 is 0 Å². The van der Waals surface area contributed by atoms with E-state index in [0.717, 1.165) is 16.4 Å². The minimum atomic E-state index is -3.96. The van der Waals surface area contributed by atoms with Crippen molar-refractivity contribution < 1.29 is 13.3 Å². The molecule has 0 bridgehead atoms. The van der Waals surface area contributed by atoms with Crippen molar-refractivity contribution in [2.24, 2.45) is 0 Å². The highest BCUT2D eigenvalue weighted by atomic mass is 35.5. The lowest BCUT2D eigenvalue weighted by atomic mass is 10.3. The predicted molar refractivity (Wildman–Crippen MR) is 77.3 cm³/mol. The molecular formula is C12H13ClN2O4S. The Kier molecular flexibility index (Phi) is 5.43. The molecular weight excluding hydrogens is 304 g/mol. The van der Waals surface area contributed by atoms with Crippen molar-refractivity contribution in [2.75, 3.05) is 13.1 Å². The van der Waals surface area contributed by atoms with E-state index in [9.17, 15) is 18.5 Å². The molecule has 108 valence electrons. The number of nitrogens with zero attached hydrogens (tertiary/aromatic N) is 2. The normalized spacial score (nSPS) is 11.3. The van der Waals surface area contributed by atoms with Crippen molar-refractivity contribution in [3.63, 3.8) is 0 Å². The molecule has 0 N–H and O–H groups in total. The van der Waals surface area contributed by atoms with E-state index in [2.05, 4.69) is 13.2 Å². The lowest BCUT2D eigenvalue weighted by Crippen LogP contribution is -2.31. The first-order chi connectivity index (χ1) is 9.34. The maximum Gasteiger partial charge on any atom is 0.270 e. The third kappa shape index (κ3) is 3.44. The van der Waals surface area contributed by atoms with Gasteiger partial charge in [0.1, 0.15) is 4.90 Å². The van der Waals surface area contributed by atoms with E-state index >= 15 is 0 Å². The largest absolute Gasteiger partial charge is 0.270 e. The Labute approximate surface area is 122 Å². The number of hydrogen-bond acceptors (Lipinski definition) is 4. The number of benzene rings is 1. The van der Waals surface area contributed by atoms with E-state index in [4.69, 9.17) is 11.6 Å². The average molecular weight is 317 g/mol. The van der Waals surface area contributed by atoms with Gasteiger partial charge in [-0.3, -0.25) is 10.1 Å². The van der Waals surface area contributed by atoms with Crippen molar-refractivity contribution in [2.45, 2.75) is 4.90 Å². The van der Waals surface area contributed by atoms with Crippen molar-refractivity contribution in [1.29, 1.82) is 0 Å².